The van der Waals surface area contributed by atoms with Crippen molar-refractivity contribution in [2.75, 3.05) is 13.1 Å². The van der Waals surface area contributed by atoms with Gasteiger partial charge in [0, 0.05) is 13.0 Å². The lowest BCUT2D eigenvalue weighted by Crippen LogP contribution is -2.32. The molecule has 22 heavy (non-hydrogen) atoms. The summed E-state index contributed by atoms with van der Waals surface area (Å²) in [5.41, 5.74) is 5.15. The first-order chi connectivity index (χ1) is 10.6. The van der Waals surface area contributed by atoms with Gasteiger partial charge in [-0.1, -0.05) is 38.5 Å². The molecule has 0 radical (unpaired) electrons. The van der Waals surface area contributed by atoms with Crippen molar-refractivity contribution in [3.63, 3.8) is 0 Å². The molecule has 0 saturated heterocycles. The van der Waals surface area contributed by atoms with Crippen molar-refractivity contribution >= 4 is 11.9 Å². The van der Waals surface area contributed by atoms with Crippen LogP contribution in [-0.2, 0) is 9.59 Å². The zero-order valence-corrected chi connectivity index (χ0v) is 13.7. The van der Waals surface area contributed by atoms with Gasteiger partial charge in [-0.2, -0.15) is 0 Å². The maximum atomic E-state index is 12.0. The summed E-state index contributed by atoms with van der Waals surface area (Å²) >= 11 is 0. The average molecular weight is 312 g/mol. The van der Waals surface area contributed by atoms with Gasteiger partial charge in [0.2, 0.25) is 5.91 Å². The van der Waals surface area contributed by atoms with Gasteiger partial charge in [0.25, 0.3) is 0 Å². The monoisotopic (exact) mass is 312 g/mol. The quantitative estimate of drug-likeness (QED) is 0.483. The highest BCUT2D eigenvalue weighted by Gasteiger charge is 2.37. The van der Waals surface area contributed by atoms with Crippen LogP contribution >= 0.6 is 0 Å². The van der Waals surface area contributed by atoms with Gasteiger partial charge in [0.1, 0.15) is 0 Å². The minimum absolute atomic E-state index is 0.0197. The Kier molecular flexibility index (Phi) is 9.13. The topological polar surface area (TPSA) is 92.4 Å². The molecule has 0 unspecified atom stereocenters. The lowest BCUT2D eigenvalue weighted by Gasteiger charge is -2.26. The number of amides is 1. The van der Waals surface area contributed by atoms with E-state index in [1.54, 1.807) is 0 Å². The zero-order chi connectivity index (χ0) is 16.3. The number of carboxylic acid groups (broad SMARTS) is 1. The first-order valence-electron chi connectivity index (χ1n) is 8.76. The number of carboxylic acids is 1. The zero-order valence-electron chi connectivity index (χ0n) is 13.7. The second-order valence-electron chi connectivity index (χ2n) is 6.71. The fraction of sp³-hybridized carbons (Fsp3) is 0.882. The number of carbonyl (C=O) groups is 2. The van der Waals surface area contributed by atoms with E-state index in [4.69, 9.17) is 10.8 Å². The summed E-state index contributed by atoms with van der Waals surface area (Å²) in [5.74, 6) is -0.765. The molecule has 1 amide bonds. The molecule has 1 fully saturated rings. The van der Waals surface area contributed by atoms with E-state index < -0.39 is 5.97 Å². The van der Waals surface area contributed by atoms with Crippen molar-refractivity contribution in [2.45, 2.75) is 77.0 Å². The summed E-state index contributed by atoms with van der Waals surface area (Å²) in [4.78, 5) is 23.1. The molecular weight excluding hydrogens is 280 g/mol. The van der Waals surface area contributed by atoms with Crippen LogP contribution in [0.2, 0.25) is 0 Å². The van der Waals surface area contributed by atoms with E-state index in [2.05, 4.69) is 5.32 Å². The molecule has 1 saturated carbocycles. The van der Waals surface area contributed by atoms with Gasteiger partial charge in [-0.15, -0.1) is 0 Å². The van der Waals surface area contributed by atoms with Crippen molar-refractivity contribution in [1.29, 1.82) is 0 Å². The largest absolute Gasteiger partial charge is 0.481 e. The van der Waals surface area contributed by atoms with E-state index in [0.717, 1.165) is 51.5 Å². The number of hydrogen-bond donors (Lipinski definition) is 3. The molecule has 1 aliphatic carbocycles. The molecule has 5 heteroatoms. The average Bonchev–Trinajstić information content (AvgIpc) is 2.89. The molecule has 0 spiro atoms. The van der Waals surface area contributed by atoms with Crippen molar-refractivity contribution in [3.8, 4) is 0 Å². The Morgan fingerprint density at radius 2 is 1.55 bits per heavy atom. The van der Waals surface area contributed by atoms with E-state index in [0.29, 0.717) is 13.0 Å². The highest BCUT2D eigenvalue weighted by molar-refractivity contribution is 5.78. The molecule has 0 aromatic rings. The lowest BCUT2D eigenvalue weighted by molar-refractivity contribution is -0.140. The molecule has 128 valence electrons. The van der Waals surface area contributed by atoms with Crippen LogP contribution in [-0.4, -0.2) is 30.1 Å². The van der Waals surface area contributed by atoms with Crippen molar-refractivity contribution in [2.24, 2.45) is 11.1 Å². The van der Waals surface area contributed by atoms with E-state index in [1.165, 1.54) is 19.3 Å². The summed E-state index contributed by atoms with van der Waals surface area (Å²) < 4.78 is 0. The number of hydrogen-bond acceptors (Lipinski definition) is 3. The minimum atomic E-state index is -0.785. The summed E-state index contributed by atoms with van der Waals surface area (Å²) in [6.07, 6.45) is 11.2. The molecule has 0 aromatic carbocycles. The first kappa shape index (κ1) is 18.9. The molecule has 1 rings (SSSR count). The smallest absolute Gasteiger partial charge is 0.303 e. The van der Waals surface area contributed by atoms with Gasteiger partial charge in [-0.05, 0) is 37.6 Å². The van der Waals surface area contributed by atoms with Crippen molar-refractivity contribution < 1.29 is 14.7 Å². The molecule has 4 N–H and O–H groups in total. The minimum Gasteiger partial charge on any atom is -0.481 e. The molecule has 5 nitrogen and oxygen atoms in total. The van der Waals surface area contributed by atoms with E-state index in [-0.39, 0.29) is 17.7 Å². The van der Waals surface area contributed by atoms with Crippen molar-refractivity contribution in [1.82, 2.24) is 5.32 Å². The third-order valence-electron chi connectivity index (χ3n) is 4.68. The summed E-state index contributed by atoms with van der Waals surface area (Å²) in [7, 11) is 0. The molecule has 0 aliphatic heterocycles. The van der Waals surface area contributed by atoms with Crippen molar-refractivity contribution in [3.05, 3.63) is 0 Å². The highest BCUT2D eigenvalue weighted by atomic mass is 16.4. The molecule has 1 aliphatic rings. The molecule has 0 aromatic heterocycles. The Labute approximate surface area is 134 Å². The van der Waals surface area contributed by atoms with Gasteiger partial charge >= 0.3 is 5.97 Å². The Bertz CT molecular complexity index is 339. The number of nitrogens with one attached hydrogen (secondary N) is 1. The highest BCUT2D eigenvalue weighted by Crippen LogP contribution is 2.43. The summed E-state index contributed by atoms with van der Waals surface area (Å²) in [6.45, 7) is 1.48. The van der Waals surface area contributed by atoms with E-state index >= 15 is 0 Å². The van der Waals surface area contributed by atoms with Crippen LogP contribution in [0.15, 0.2) is 0 Å². The predicted octanol–water partition coefficient (Wildman–Crippen LogP) is 2.83. The molecule has 0 heterocycles. The van der Waals surface area contributed by atoms with Crippen LogP contribution in [0.4, 0.5) is 0 Å². The van der Waals surface area contributed by atoms with Gasteiger partial charge in [0.05, 0.1) is 6.42 Å². The maximum absolute atomic E-state index is 12.0. The Hall–Kier alpha value is -1.10. The number of carbonyl (C=O) groups excluding carboxylic acids is 1. The van der Waals surface area contributed by atoms with Gasteiger partial charge in [0.15, 0.2) is 0 Å². The fourth-order valence-corrected chi connectivity index (χ4v) is 3.47. The maximum Gasteiger partial charge on any atom is 0.303 e. The van der Waals surface area contributed by atoms with Crippen LogP contribution < -0.4 is 11.1 Å². The normalized spacial score (nSPS) is 16.6. The number of nitrogens with two attached hydrogens (primary N) is 1. The first-order valence-corrected chi connectivity index (χ1v) is 8.76. The van der Waals surface area contributed by atoms with Crippen LogP contribution in [0.5, 0.6) is 0 Å². The molecular formula is C17H32N2O3. The van der Waals surface area contributed by atoms with E-state index in [1.807, 2.05) is 0 Å². The standard InChI is InChI=1S/C17H32N2O3/c18-11-7-3-1-2-4-8-12-19-15(20)13-17(14-16(21)22)9-5-6-10-17/h1-14,18H2,(H,19,20)(H,21,22). The molecule has 0 bridgehead atoms. The summed E-state index contributed by atoms with van der Waals surface area (Å²) in [5, 5.41) is 12.0. The van der Waals surface area contributed by atoms with Crippen LogP contribution in [0, 0.1) is 5.41 Å². The predicted molar refractivity (Wildman–Crippen MR) is 87.5 cm³/mol. The lowest BCUT2D eigenvalue weighted by atomic mass is 9.79. The van der Waals surface area contributed by atoms with Crippen LogP contribution in [0.1, 0.15) is 77.0 Å². The summed E-state index contributed by atoms with van der Waals surface area (Å²) in [6, 6.07) is 0. The number of unbranched alkanes of at least 4 members (excludes halogenated alkanes) is 5. The SMILES string of the molecule is NCCCCCCCCNC(=O)CC1(CC(=O)O)CCCC1. The second kappa shape index (κ2) is 10.6. The van der Waals surface area contributed by atoms with Gasteiger partial charge < -0.3 is 16.2 Å². The Balaban J connectivity index is 2.13. The fourth-order valence-electron chi connectivity index (χ4n) is 3.47. The number of aliphatic carboxylic acids is 1. The van der Waals surface area contributed by atoms with Gasteiger partial charge in [-0.3, -0.25) is 9.59 Å². The number of rotatable bonds is 12. The second-order valence-corrected chi connectivity index (χ2v) is 6.71. The third kappa shape index (κ3) is 7.78. The molecule has 0 atom stereocenters. The van der Waals surface area contributed by atoms with Gasteiger partial charge in [-0.25, -0.2) is 0 Å². The van der Waals surface area contributed by atoms with E-state index in [9.17, 15) is 9.59 Å². The Morgan fingerprint density at radius 1 is 0.955 bits per heavy atom. The van der Waals surface area contributed by atoms with Crippen LogP contribution in [0.25, 0.3) is 0 Å². The Morgan fingerprint density at radius 3 is 2.14 bits per heavy atom. The third-order valence-corrected chi connectivity index (χ3v) is 4.68. The van der Waals surface area contributed by atoms with Crippen LogP contribution in [0.3, 0.4) is 0 Å².